The number of hydrogen-bond donors (Lipinski definition) is 2. The van der Waals surface area contributed by atoms with Crippen molar-refractivity contribution in [2.75, 3.05) is 24.7 Å². The fourth-order valence-electron chi connectivity index (χ4n) is 7.04. The quantitative estimate of drug-likeness (QED) is 0.248. The average Bonchev–Trinajstić information content (AvgIpc) is 3.56. The van der Waals surface area contributed by atoms with Crippen LogP contribution in [0.4, 0.5) is 5.69 Å². The minimum atomic E-state index is -1.16. The Kier molecular flexibility index (Phi) is 8.64. The maximum atomic E-state index is 14.1. The molecule has 2 N–H and O–H groups in total. The molecule has 3 amide bonds. The van der Waals surface area contributed by atoms with Crippen molar-refractivity contribution in [3.8, 4) is 0 Å². The van der Waals surface area contributed by atoms with Crippen molar-refractivity contribution in [3.63, 3.8) is 0 Å². The summed E-state index contributed by atoms with van der Waals surface area (Å²) in [5.41, 5.74) is -0.474. The highest BCUT2D eigenvalue weighted by Crippen LogP contribution is 2.55. The molecule has 3 heterocycles. The SMILES string of the molecule is CSc1cccc(NC(=O)[C@@H]2[C@@H]3C=C[C@]4(O3)[C@@H]2C(=O)N(CCCOC(C)C)[C@H]4C(=O)N[C@@H]2CCC[C@H](C)[C@@H]2C)c1. The van der Waals surface area contributed by atoms with Crippen molar-refractivity contribution in [1.29, 1.82) is 0 Å². The Bertz CT molecular complexity index is 1160. The zero-order valence-electron chi connectivity index (χ0n) is 24.2. The van der Waals surface area contributed by atoms with Crippen LogP contribution in [0.1, 0.15) is 53.4 Å². The smallest absolute Gasteiger partial charge is 0.246 e. The first kappa shape index (κ1) is 29.1. The fourth-order valence-corrected chi connectivity index (χ4v) is 7.50. The standard InChI is InChI=1S/C31H43N3O5S/c1-18(2)38-16-8-15-34-27(29(36)33-23-12-6-9-19(3)20(23)4)31-14-13-24(39-31)25(26(31)30(34)37)28(35)32-21-10-7-11-22(17-21)40-5/h7,10-11,13-14,17-20,23-27H,6,8-9,12,15-16H2,1-5H3,(H,32,35)(H,33,36)/t19-,20-,23+,24-,25+,26-,27-,31-/m0/s1. The first-order valence-corrected chi connectivity index (χ1v) is 15.9. The van der Waals surface area contributed by atoms with Crippen LogP contribution in [0.3, 0.4) is 0 Å². The van der Waals surface area contributed by atoms with E-state index in [1.165, 1.54) is 0 Å². The van der Waals surface area contributed by atoms with Crippen molar-refractivity contribution in [1.82, 2.24) is 10.2 Å². The number of benzene rings is 1. The van der Waals surface area contributed by atoms with Crippen LogP contribution in [0, 0.1) is 23.7 Å². The fraction of sp³-hybridized carbons (Fsp3) is 0.645. The highest BCUT2D eigenvalue weighted by Gasteiger charge is 2.72. The van der Waals surface area contributed by atoms with Crippen molar-refractivity contribution in [3.05, 3.63) is 36.4 Å². The molecule has 1 saturated carbocycles. The second kappa shape index (κ2) is 11.9. The van der Waals surface area contributed by atoms with E-state index in [0.717, 1.165) is 24.2 Å². The van der Waals surface area contributed by atoms with Gasteiger partial charge in [-0.05, 0) is 63.0 Å². The van der Waals surface area contributed by atoms with Crippen LogP contribution in [-0.2, 0) is 23.9 Å². The second-order valence-electron chi connectivity index (χ2n) is 12.1. The number of amides is 3. The minimum absolute atomic E-state index is 0.0540. The molecule has 0 radical (unpaired) electrons. The molecule has 1 aliphatic carbocycles. The molecule has 4 aliphatic rings. The van der Waals surface area contributed by atoms with Crippen LogP contribution in [0.5, 0.6) is 0 Å². The predicted molar refractivity (Wildman–Crippen MR) is 156 cm³/mol. The average molecular weight is 570 g/mol. The normalized spacial score (nSPS) is 34.4. The van der Waals surface area contributed by atoms with Gasteiger partial charge in [0, 0.05) is 29.8 Å². The maximum Gasteiger partial charge on any atom is 0.246 e. The Morgan fingerprint density at radius 1 is 1.23 bits per heavy atom. The number of hydrogen-bond acceptors (Lipinski definition) is 6. The lowest BCUT2D eigenvalue weighted by atomic mass is 9.73. The van der Waals surface area contributed by atoms with Crippen LogP contribution in [0.25, 0.3) is 0 Å². The summed E-state index contributed by atoms with van der Waals surface area (Å²) in [7, 11) is 0. The zero-order valence-corrected chi connectivity index (χ0v) is 25.0. The van der Waals surface area contributed by atoms with Gasteiger partial charge in [-0.25, -0.2) is 0 Å². The summed E-state index contributed by atoms with van der Waals surface area (Å²) in [6.45, 7) is 9.23. The van der Waals surface area contributed by atoms with Crippen molar-refractivity contribution >= 4 is 35.2 Å². The van der Waals surface area contributed by atoms with E-state index < -0.39 is 29.6 Å². The van der Waals surface area contributed by atoms with Gasteiger partial charge in [-0.2, -0.15) is 0 Å². The topological polar surface area (TPSA) is 97.0 Å². The highest BCUT2D eigenvalue weighted by atomic mass is 32.2. The Balaban J connectivity index is 1.40. The number of nitrogens with one attached hydrogen (secondary N) is 2. The number of anilines is 1. The van der Waals surface area contributed by atoms with Gasteiger partial charge in [0.15, 0.2) is 0 Å². The first-order chi connectivity index (χ1) is 19.2. The van der Waals surface area contributed by atoms with Crippen molar-refractivity contribution in [2.45, 2.75) is 88.2 Å². The summed E-state index contributed by atoms with van der Waals surface area (Å²) in [5, 5.41) is 6.32. The third kappa shape index (κ3) is 5.32. The highest BCUT2D eigenvalue weighted by molar-refractivity contribution is 7.98. The summed E-state index contributed by atoms with van der Waals surface area (Å²) < 4.78 is 12.2. The van der Waals surface area contributed by atoms with Gasteiger partial charge >= 0.3 is 0 Å². The zero-order chi connectivity index (χ0) is 28.6. The molecule has 40 heavy (non-hydrogen) atoms. The van der Waals surface area contributed by atoms with Gasteiger partial charge in [0.1, 0.15) is 11.6 Å². The lowest BCUT2D eigenvalue weighted by Crippen LogP contribution is -2.58. The number of ether oxygens (including phenoxy) is 2. The monoisotopic (exact) mass is 569 g/mol. The van der Waals surface area contributed by atoms with Crippen molar-refractivity contribution in [2.24, 2.45) is 23.7 Å². The van der Waals surface area contributed by atoms with E-state index in [1.807, 2.05) is 56.5 Å². The molecule has 1 aromatic carbocycles. The van der Waals surface area contributed by atoms with Crippen LogP contribution in [0.15, 0.2) is 41.3 Å². The number of likely N-dealkylation sites (tertiary alicyclic amines) is 1. The summed E-state index contributed by atoms with van der Waals surface area (Å²) in [5.74, 6) is -1.23. The van der Waals surface area contributed by atoms with E-state index in [1.54, 1.807) is 16.7 Å². The molecule has 8 atom stereocenters. The number of thioether (sulfide) groups is 1. The third-order valence-corrected chi connectivity index (χ3v) is 10.0. The van der Waals surface area contributed by atoms with Gasteiger partial charge in [0.05, 0.1) is 24.0 Å². The van der Waals surface area contributed by atoms with Crippen molar-refractivity contribution < 1.29 is 23.9 Å². The van der Waals surface area contributed by atoms with E-state index in [9.17, 15) is 14.4 Å². The lowest BCUT2D eigenvalue weighted by Gasteiger charge is -2.38. The van der Waals surface area contributed by atoms with Crippen LogP contribution in [0.2, 0.25) is 0 Å². The Hall–Kier alpha value is -2.36. The largest absolute Gasteiger partial charge is 0.379 e. The van der Waals surface area contributed by atoms with Crippen LogP contribution >= 0.6 is 11.8 Å². The molecule has 0 unspecified atom stereocenters. The third-order valence-electron chi connectivity index (χ3n) is 9.29. The van der Waals surface area contributed by atoms with Crippen LogP contribution in [-0.4, -0.2) is 71.9 Å². The summed E-state index contributed by atoms with van der Waals surface area (Å²) in [4.78, 5) is 44.5. The Morgan fingerprint density at radius 2 is 2.02 bits per heavy atom. The van der Waals surface area contributed by atoms with Gasteiger partial charge in [-0.1, -0.05) is 44.9 Å². The summed E-state index contributed by atoms with van der Waals surface area (Å²) >= 11 is 1.60. The summed E-state index contributed by atoms with van der Waals surface area (Å²) in [6.07, 6.45) is 9.01. The number of rotatable bonds is 10. The molecule has 9 heteroatoms. The number of nitrogens with zero attached hydrogens (tertiary/aromatic N) is 1. The van der Waals surface area contributed by atoms with Gasteiger partial charge in [-0.15, -0.1) is 11.8 Å². The number of carbonyl (C=O) groups is 3. The van der Waals surface area contributed by atoms with E-state index in [0.29, 0.717) is 37.1 Å². The van der Waals surface area contributed by atoms with E-state index in [4.69, 9.17) is 9.47 Å². The van der Waals surface area contributed by atoms with E-state index in [-0.39, 0.29) is 29.9 Å². The molecule has 3 aliphatic heterocycles. The molecule has 5 rings (SSSR count). The molecular weight excluding hydrogens is 526 g/mol. The molecule has 3 fully saturated rings. The predicted octanol–water partition coefficient (Wildman–Crippen LogP) is 4.25. The Morgan fingerprint density at radius 3 is 2.77 bits per heavy atom. The second-order valence-corrected chi connectivity index (χ2v) is 13.0. The van der Waals surface area contributed by atoms with Gasteiger partial charge in [0.25, 0.3) is 0 Å². The molecule has 8 nitrogen and oxygen atoms in total. The first-order valence-electron chi connectivity index (χ1n) is 14.7. The maximum absolute atomic E-state index is 14.1. The number of carbonyl (C=O) groups excluding carboxylic acids is 3. The summed E-state index contributed by atoms with van der Waals surface area (Å²) in [6, 6.07) is 6.87. The molecule has 2 saturated heterocycles. The minimum Gasteiger partial charge on any atom is -0.379 e. The van der Waals surface area contributed by atoms with Gasteiger partial charge in [0.2, 0.25) is 17.7 Å². The van der Waals surface area contributed by atoms with E-state index in [2.05, 4.69) is 24.5 Å². The molecule has 0 aromatic heterocycles. The molecule has 1 aromatic rings. The van der Waals surface area contributed by atoms with Gasteiger partial charge < -0.3 is 25.0 Å². The Labute approximate surface area is 242 Å². The number of fused-ring (bicyclic) bond motifs is 1. The molecule has 1 spiro atoms. The molecular formula is C31H43N3O5S. The van der Waals surface area contributed by atoms with Gasteiger partial charge in [-0.3, -0.25) is 14.4 Å². The lowest BCUT2D eigenvalue weighted by molar-refractivity contribution is -0.142. The van der Waals surface area contributed by atoms with E-state index >= 15 is 0 Å². The molecule has 2 bridgehead atoms. The molecule has 218 valence electrons. The van der Waals surface area contributed by atoms with Crippen LogP contribution < -0.4 is 10.6 Å².